The highest BCUT2D eigenvalue weighted by atomic mass is 14.1. The molecule has 0 aliphatic carbocycles. The smallest absolute Gasteiger partial charge is 0.0353 e. The van der Waals surface area contributed by atoms with Crippen molar-refractivity contribution < 1.29 is 0 Å². The average Bonchev–Trinajstić information content (AvgIpc) is 2.77. The van der Waals surface area contributed by atoms with Crippen molar-refractivity contribution in [2.75, 3.05) is 0 Å². The number of rotatable bonds is 16. The molecule has 0 saturated carbocycles. The van der Waals surface area contributed by atoms with Crippen molar-refractivity contribution in [3.63, 3.8) is 0 Å². The van der Waals surface area contributed by atoms with E-state index in [0.717, 1.165) is 5.92 Å². The van der Waals surface area contributed by atoms with Crippen molar-refractivity contribution in [1.29, 1.82) is 0 Å². The summed E-state index contributed by atoms with van der Waals surface area (Å²) in [6.07, 6.45) is 26.9. The molecular formula is C30H62. The van der Waals surface area contributed by atoms with Gasteiger partial charge in [-0.2, -0.15) is 0 Å². The molecule has 0 aromatic rings. The van der Waals surface area contributed by atoms with Gasteiger partial charge in [-0.25, -0.2) is 0 Å². The zero-order valence-electron chi connectivity index (χ0n) is 22.5. The first-order valence-corrected chi connectivity index (χ1v) is 12.9. The molecule has 182 valence electrons. The van der Waals surface area contributed by atoms with Crippen molar-refractivity contribution in [2.24, 2.45) is 5.92 Å². The van der Waals surface area contributed by atoms with Crippen LogP contribution in [-0.2, 0) is 0 Å². The van der Waals surface area contributed by atoms with Crippen LogP contribution in [0.2, 0.25) is 0 Å². The van der Waals surface area contributed by atoms with Crippen molar-refractivity contribution in [1.82, 2.24) is 0 Å². The van der Waals surface area contributed by atoms with Gasteiger partial charge in [0.1, 0.15) is 0 Å². The Morgan fingerprint density at radius 3 is 1.30 bits per heavy atom. The van der Waals surface area contributed by atoms with Gasteiger partial charge in [-0.15, -0.1) is 32.9 Å². The van der Waals surface area contributed by atoms with Crippen molar-refractivity contribution in [3.05, 3.63) is 51.1 Å². The first-order chi connectivity index (χ1) is 14.7. The quantitative estimate of drug-likeness (QED) is 0.171. The zero-order valence-corrected chi connectivity index (χ0v) is 22.5. The van der Waals surface area contributed by atoms with E-state index in [2.05, 4.69) is 52.8 Å². The van der Waals surface area contributed by atoms with Crippen molar-refractivity contribution >= 4 is 0 Å². The molecule has 0 bridgehead atoms. The lowest BCUT2D eigenvalue weighted by molar-refractivity contribution is 0.372. The summed E-state index contributed by atoms with van der Waals surface area (Å²) in [4.78, 5) is 0. The van der Waals surface area contributed by atoms with Gasteiger partial charge in [-0.3, -0.25) is 0 Å². The summed E-state index contributed by atoms with van der Waals surface area (Å²) in [5.41, 5.74) is 0. The summed E-state index contributed by atoms with van der Waals surface area (Å²) in [5, 5.41) is 0. The van der Waals surface area contributed by atoms with Gasteiger partial charge in [0.15, 0.2) is 0 Å². The van der Waals surface area contributed by atoms with Gasteiger partial charge in [0.2, 0.25) is 0 Å². The minimum absolute atomic E-state index is 1.03. The molecule has 0 fully saturated rings. The summed E-state index contributed by atoms with van der Waals surface area (Å²) in [6.45, 7) is 28.9. The van der Waals surface area contributed by atoms with Gasteiger partial charge in [0.25, 0.3) is 0 Å². The molecule has 0 rings (SSSR count). The highest BCUT2D eigenvalue weighted by Gasteiger charge is 2.07. The number of unbranched alkanes of at least 4 members (excludes halogenated alkanes) is 9. The Bertz CT molecular complexity index is 257. The summed E-state index contributed by atoms with van der Waals surface area (Å²) in [7, 11) is 0. The molecule has 0 aromatic heterocycles. The lowest BCUT2D eigenvalue weighted by Crippen LogP contribution is -2.01. The monoisotopic (exact) mass is 422 g/mol. The minimum Gasteiger partial charge on any atom is -0.106 e. The number of hydrogen-bond donors (Lipinski definition) is 0. The maximum Gasteiger partial charge on any atom is -0.0353 e. The first kappa shape index (κ1) is 39.4. The maximum atomic E-state index is 3.79. The molecule has 1 atom stereocenters. The van der Waals surface area contributed by atoms with E-state index in [1.54, 1.807) is 12.2 Å². The molecule has 0 heteroatoms. The van der Waals surface area contributed by atoms with Crippen LogP contribution in [0.1, 0.15) is 138 Å². The Labute approximate surface area is 195 Å². The molecule has 30 heavy (non-hydrogen) atoms. The van der Waals surface area contributed by atoms with Crippen LogP contribution in [0.25, 0.3) is 0 Å². The SMILES string of the molecule is C=C.C=CC.C=CC.C=CCCCCCCCC(CCCC)CCCCCC.CC. The molecule has 0 aromatic carbocycles. The summed E-state index contributed by atoms with van der Waals surface area (Å²) in [6, 6.07) is 0. The zero-order chi connectivity index (χ0) is 24.3. The molecule has 1 unspecified atom stereocenters. The lowest BCUT2D eigenvalue weighted by Gasteiger charge is -2.16. The topological polar surface area (TPSA) is 0 Å². The van der Waals surface area contributed by atoms with Crippen LogP contribution in [0.5, 0.6) is 0 Å². The third-order valence-corrected chi connectivity index (χ3v) is 4.45. The van der Waals surface area contributed by atoms with Gasteiger partial charge >= 0.3 is 0 Å². The highest BCUT2D eigenvalue weighted by molar-refractivity contribution is 4.65. The largest absolute Gasteiger partial charge is 0.106 e. The fourth-order valence-corrected chi connectivity index (χ4v) is 3.04. The molecule has 0 amide bonds. The average molecular weight is 423 g/mol. The molecule has 0 spiro atoms. The van der Waals surface area contributed by atoms with E-state index in [1.165, 1.54) is 96.3 Å². The van der Waals surface area contributed by atoms with Crippen LogP contribution in [0, 0.1) is 5.92 Å². The Hall–Kier alpha value is -1.04. The second kappa shape index (κ2) is 51.0. The first-order valence-electron chi connectivity index (χ1n) is 12.9. The Morgan fingerprint density at radius 1 is 0.567 bits per heavy atom. The molecular weight excluding hydrogens is 360 g/mol. The van der Waals surface area contributed by atoms with E-state index < -0.39 is 0 Å². The molecule has 0 N–H and O–H groups in total. The van der Waals surface area contributed by atoms with Crippen molar-refractivity contribution in [3.8, 4) is 0 Å². The van der Waals surface area contributed by atoms with Gasteiger partial charge < -0.3 is 0 Å². The van der Waals surface area contributed by atoms with Gasteiger partial charge in [-0.1, -0.05) is 129 Å². The Morgan fingerprint density at radius 2 is 0.900 bits per heavy atom. The molecule has 0 aliphatic heterocycles. The fourth-order valence-electron chi connectivity index (χ4n) is 3.04. The van der Waals surface area contributed by atoms with Gasteiger partial charge in [0, 0.05) is 0 Å². The molecule has 0 heterocycles. The van der Waals surface area contributed by atoms with Crippen LogP contribution in [-0.4, -0.2) is 0 Å². The minimum atomic E-state index is 1.03. The summed E-state index contributed by atoms with van der Waals surface area (Å²) >= 11 is 0. The molecule has 0 radical (unpaired) electrons. The van der Waals surface area contributed by atoms with Crippen LogP contribution in [0.4, 0.5) is 0 Å². The van der Waals surface area contributed by atoms with Gasteiger partial charge in [0.05, 0.1) is 0 Å². The van der Waals surface area contributed by atoms with Crippen LogP contribution in [0.15, 0.2) is 51.1 Å². The van der Waals surface area contributed by atoms with E-state index in [-0.39, 0.29) is 0 Å². The van der Waals surface area contributed by atoms with Crippen LogP contribution >= 0.6 is 0 Å². The second-order valence-electron chi connectivity index (χ2n) is 7.31. The maximum absolute atomic E-state index is 3.79. The standard InChI is InChI=1S/C20H40.2C3H6.C2H6.C2H4/c1-4-7-10-12-13-14-16-19-20(17-9-6-3)18-15-11-8-5-2;2*1-3-2;2*1-2/h4,20H,1,5-19H2,2-3H3;2*3H,1H2,2H3;1-2H3;1-2H2. The normalized spacial score (nSPS) is 9.53. The third-order valence-electron chi connectivity index (χ3n) is 4.45. The van der Waals surface area contributed by atoms with E-state index >= 15 is 0 Å². The van der Waals surface area contributed by atoms with Crippen LogP contribution < -0.4 is 0 Å². The Kier molecular flexibility index (Phi) is 67.1. The number of allylic oxidation sites excluding steroid dienone is 3. The van der Waals surface area contributed by atoms with E-state index in [0.29, 0.717) is 0 Å². The predicted octanol–water partition coefficient (Wildman–Crippen LogP) is 11.9. The lowest BCUT2D eigenvalue weighted by atomic mass is 9.90. The number of hydrogen-bond acceptors (Lipinski definition) is 0. The van der Waals surface area contributed by atoms with Crippen molar-refractivity contribution in [2.45, 2.75) is 138 Å². The molecule has 0 saturated heterocycles. The summed E-state index contributed by atoms with van der Waals surface area (Å²) in [5.74, 6) is 1.03. The van der Waals surface area contributed by atoms with Crippen LogP contribution in [0.3, 0.4) is 0 Å². The molecule has 0 aliphatic rings. The third kappa shape index (κ3) is 56.3. The predicted molar refractivity (Wildman–Crippen MR) is 149 cm³/mol. The Balaban J connectivity index is -0.000000177. The summed E-state index contributed by atoms with van der Waals surface area (Å²) < 4.78 is 0. The van der Waals surface area contributed by atoms with Gasteiger partial charge in [-0.05, 0) is 32.6 Å². The highest BCUT2D eigenvalue weighted by Crippen LogP contribution is 2.23. The van der Waals surface area contributed by atoms with E-state index in [4.69, 9.17) is 0 Å². The fraction of sp³-hybridized carbons (Fsp3) is 0.733. The van der Waals surface area contributed by atoms with E-state index in [9.17, 15) is 0 Å². The molecule has 0 nitrogen and oxygen atoms in total. The van der Waals surface area contributed by atoms with E-state index in [1.807, 2.05) is 27.7 Å². The second-order valence-corrected chi connectivity index (χ2v) is 7.31.